The molecule has 128 valence electrons. The van der Waals surface area contributed by atoms with Crippen LogP contribution in [-0.2, 0) is 4.79 Å². The van der Waals surface area contributed by atoms with Gasteiger partial charge in [0.1, 0.15) is 18.5 Å². The van der Waals surface area contributed by atoms with Gasteiger partial charge in [-0.25, -0.2) is 9.97 Å². The number of aromatic nitrogens is 8. The number of rotatable bonds is 3. The highest BCUT2D eigenvalue weighted by molar-refractivity contribution is 6.19. The Morgan fingerprint density at radius 3 is 2.36 bits per heavy atom. The molecule has 0 unspecified atom stereocenters. The van der Waals surface area contributed by atoms with Gasteiger partial charge < -0.3 is 11.1 Å². The number of hydrogen-bond acceptors (Lipinski definition) is 8. The largest absolute Gasteiger partial charge is 0.382 e. The summed E-state index contributed by atoms with van der Waals surface area (Å²) in [6.45, 7) is 0. The first kappa shape index (κ1) is 16.5. The lowest BCUT2D eigenvalue weighted by Crippen LogP contribution is -2.13. The number of nitrogens with zero attached hydrogens (tertiary/aromatic N) is 8. The Labute approximate surface area is 145 Å². The fourth-order valence-electron chi connectivity index (χ4n) is 1.81. The first-order valence-corrected chi connectivity index (χ1v) is 7.64. The van der Waals surface area contributed by atoms with Crippen LogP contribution in [-0.4, -0.2) is 51.4 Å². The molecule has 0 fully saturated rings. The van der Waals surface area contributed by atoms with Crippen molar-refractivity contribution < 1.29 is 4.79 Å². The molecule has 0 aliphatic heterocycles. The van der Waals surface area contributed by atoms with Crippen LogP contribution in [0.15, 0.2) is 36.9 Å². The van der Waals surface area contributed by atoms with Crippen LogP contribution >= 0.6 is 11.6 Å². The van der Waals surface area contributed by atoms with E-state index in [9.17, 15) is 4.79 Å². The quantitative estimate of drug-likeness (QED) is 0.500. The van der Waals surface area contributed by atoms with Crippen LogP contribution in [0.5, 0.6) is 0 Å². The van der Waals surface area contributed by atoms with Crippen molar-refractivity contribution in [3.63, 3.8) is 0 Å². The van der Waals surface area contributed by atoms with E-state index in [1.807, 2.05) is 0 Å². The van der Waals surface area contributed by atoms with Gasteiger partial charge in [-0.3, -0.25) is 4.79 Å². The Balaban J connectivity index is 0.000000157. The summed E-state index contributed by atoms with van der Waals surface area (Å²) in [5.74, 6) is 0.996. The smallest absolute Gasteiger partial charge is 0.226 e. The monoisotopic (exact) mass is 360 g/mol. The highest BCUT2D eigenvalue weighted by Gasteiger charge is 2.03. The second-order valence-electron chi connectivity index (χ2n) is 4.68. The van der Waals surface area contributed by atoms with E-state index in [1.165, 1.54) is 21.9 Å². The number of halogens is 1. The molecule has 0 radical (unpaired) electrons. The van der Waals surface area contributed by atoms with E-state index in [4.69, 9.17) is 17.3 Å². The number of nitrogens with one attached hydrogen (secondary N) is 1. The summed E-state index contributed by atoms with van der Waals surface area (Å²) in [7, 11) is 0. The van der Waals surface area contributed by atoms with E-state index in [1.54, 1.807) is 24.3 Å². The van der Waals surface area contributed by atoms with Crippen LogP contribution in [0.25, 0.3) is 11.3 Å². The standard InChI is InChI=1S/C8H8ClN5O.C5H5N5/c9-4-3-8(15)12-6-1-2-7-10-5-11-14(7)13-6;6-4-1-2-5-7-3-8-10(5)9-4/h1-2,5H,3-4H2,(H,12,13,15);1-3H,(H2,6,9). The molecule has 0 aliphatic rings. The van der Waals surface area contributed by atoms with Crippen molar-refractivity contribution in [1.82, 2.24) is 39.6 Å². The molecule has 0 aliphatic carbocycles. The summed E-state index contributed by atoms with van der Waals surface area (Å²) in [5, 5.41) is 18.1. The molecular formula is C13H13ClN10O. The van der Waals surface area contributed by atoms with Gasteiger partial charge in [0.05, 0.1) is 0 Å². The summed E-state index contributed by atoms with van der Waals surface area (Å²) < 4.78 is 2.73. The molecule has 0 spiro atoms. The van der Waals surface area contributed by atoms with E-state index < -0.39 is 0 Å². The number of alkyl halides is 1. The van der Waals surface area contributed by atoms with Gasteiger partial charge in [-0.05, 0) is 24.3 Å². The van der Waals surface area contributed by atoms with Gasteiger partial charge in [0.2, 0.25) is 5.91 Å². The minimum absolute atomic E-state index is 0.169. The van der Waals surface area contributed by atoms with Crippen LogP contribution in [0.3, 0.4) is 0 Å². The minimum Gasteiger partial charge on any atom is -0.382 e. The van der Waals surface area contributed by atoms with Crippen molar-refractivity contribution in [2.75, 3.05) is 16.9 Å². The number of fused-ring (bicyclic) bond motifs is 2. The van der Waals surface area contributed by atoms with E-state index in [2.05, 4.69) is 35.7 Å². The molecule has 0 atom stereocenters. The summed E-state index contributed by atoms with van der Waals surface area (Å²) in [5.41, 5.74) is 6.72. The third-order valence-corrected chi connectivity index (χ3v) is 3.10. The molecule has 0 aromatic carbocycles. The molecule has 3 N–H and O–H groups in total. The fourth-order valence-corrected chi connectivity index (χ4v) is 1.98. The number of hydrogen-bond donors (Lipinski definition) is 2. The lowest BCUT2D eigenvalue weighted by atomic mass is 10.4. The zero-order chi connectivity index (χ0) is 17.6. The molecule has 4 rings (SSSR count). The third kappa shape index (κ3) is 4.14. The maximum absolute atomic E-state index is 11.2. The SMILES string of the molecule is Nc1ccc2ncnn2n1.O=C(CCCl)Nc1ccc2ncnn2n1. The molecule has 4 heterocycles. The fraction of sp³-hybridized carbons (Fsp3) is 0.154. The van der Waals surface area contributed by atoms with Crippen molar-refractivity contribution in [1.29, 1.82) is 0 Å². The maximum Gasteiger partial charge on any atom is 0.226 e. The highest BCUT2D eigenvalue weighted by atomic mass is 35.5. The number of amides is 1. The Hall–Kier alpha value is -3.34. The molecule has 1 amide bonds. The van der Waals surface area contributed by atoms with Gasteiger partial charge in [0.25, 0.3) is 0 Å². The van der Waals surface area contributed by atoms with Gasteiger partial charge >= 0.3 is 0 Å². The van der Waals surface area contributed by atoms with Gasteiger partial charge in [0, 0.05) is 12.3 Å². The van der Waals surface area contributed by atoms with Crippen molar-refractivity contribution in [3.8, 4) is 0 Å². The van der Waals surface area contributed by atoms with Gasteiger partial charge in [-0.1, -0.05) is 0 Å². The summed E-state index contributed by atoms with van der Waals surface area (Å²) >= 11 is 5.43. The zero-order valence-corrected chi connectivity index (χ0v) is 13.6. The van der Waals surface area contributed by atoms with Gasteiger partial charge in [-0.15, -0.1) is 41.3 Å². The van der Waals surface area contributed by atoms with Crippen LogP contribution in [0.1, 0.15) is 6.42 Å². The lowest BCUT2D eigenvalue weighted by molar-refractivity contribution is -0.115. The third-order valence-electron chi connectivity index (χ3n) is 2.91. The molecule has 0 saturated carbocycles. The average molecular weight is 361 g/mol. The molecule has 0 bridgehead atoms. The molecular weight excluding hydrogens is 348 g/mol. The average Bonchev–Trinajstić information content (AvgIpc) is 3.23. The molecule has 4 aromatic heterocycles. The molecule has 4 aromatic rings. The minimum atomic E-state index is -0.169. The normalized spacial score (nSPS) is 10.4. The van der Waals surface area contributed by atoms with E-state index in [0.29, 0.717) is 22.9 Å². The Kier molecular flexibility index (Phi) is 4.95. The number of carbonyl (C=O) groups excluding carboxylic acids is 1. The molecule has 25 heavy (non-hydrogen) atoms. The maximum atomic E-state index is 11.2. The topological polar surface area (TPSA) is 141 Å². The van der Waals surface area contributed by atoms with Gasteiger partial charge in [-0.2, -0.15) is 0 Å². The lowest BCUT2D eigenvalue weighted by Gasteiger charge is -2.01. The number of carbonyl (C=O) groups is 1. The molecule has 11 nitrogen and oxygen atoms in total. The van der Waals surface area contributed by atoms with E-state index >= 15 is 0 Å². The summed E-state index contributed by atoms with van der Waals surface area (Å²) in [6.07, 6.45) is 3.09. The Morgan fingerprint density at radius 1 is 1.04 bits per heavy atom. The van der Waals surface area contributed by atoms with Crippen molar-refractivity contribution >= 4 is 40.4 Å². The summed E-state index contributed by atoms with van der Waals surface area (Å²) in [4.78, 5) is 19.0. The van der Waals surface area contributed by atoms with Crippen molar-refractivity contribution in [2.45, 2.75) is 6.42 Å². The van der Waals surface area contributed by atoms with E-state index in [0.717, 1.165) is 0 Å². The molecule has 0 saturated heterocycles. The number of nitrogen functional groups attached to an aromatic ring is 1. The predicted octanol–water partition coefficient (Wildman–Crippen LogP) is 0.398. The van der Waals surface area contributed by atoms with Crippen LogP contribution < -0.4 is 11.1 Å². The summed E-state index contributed by atoms with van der Waals surface area (Å²) in [6, 6.07) is 6.83. The first-order chi connectivity index (χ1) is 12.2. The number of nitrogens with two attached hydrogens (primary N) is 1. The van der Waals surface area contributed by atoms with Crippen molar-refractivity contribution in [3.05, 3.63) is 36.9 Å². The Morgan fingerprint density at radius 2 is 1.68 bits per heavy atom. The first-order valence-electron chi connectivity index (χ1n) is 7.11. The van der Waals surface area contributed by atoms with Crippen molar-refractivity contribution in [2.24, 2.45) is 0 Å². The second kappa shape index (κ2) is 7.49. The van der Waals surface area contributed by atoms with E-state index in [-0.39, 0.29) is 18.2 Å². The zero-order valence-electron chi connectivity index (χ0n) is 12.8. The van der Waals surface area contributed by atoms with Crippen LogP contribution in [0.4, 0.5) is 11.6 Å². The van der Waals surface area contributed by atoms with Crippen LogP contribution in [0, 0.1) is 0 Å². The Bertz CT molecular complexity index is 996. The van der Waals surface area contributed by atoms with Crippen LogP contribution in [0.2, 0.25) is 0 Å². The highest BCUT2D eigenvalue weighted by Crippen LogP contribution is 2.04. The second-order valence-corrected chi connectivity index (χ2v) is 5.06. The number of anilines is 2. The molecule has 12 heteroatoms. The predicted molar refractivity (Wildman–Crippen MR) is 89.9 cm³/mol. The van der Waals surface area contributed by atoms with Gasteiger partial charge in [0.15, 0.2) is 17.1 Å².